The molecule has 0 saturated carbocycles. The van der Waals surface area contributed by atoms with Crippen molar-refractivity contribution in [1.29, 1.82) is 0 Å². The highest BCUT2D eigenvalue weighted by Gasteiger charge is 2.34. The van der Waals surface area contributed by atoms with Crippen molar-refractivity contribution in [3.63, 3.8) is 0 Å². The molecule has 4 rings (SSSR count). The number of morpholine rings is 1. The van der Waals surface area contributed by atoms with Gasteiger partial charge in [0.2, 0.25) is 0 Å². The number of anilines is 4. The van der Waals surface area contributed by atoms with Crippen LogP contribution < -0.4 is 20.3 Å². The van der Waals surface area contributed by atoms with Crippen LogP contribution in [-0.2, 0) is 10.9 Å². The zero-order valence-electron chi connectivity index (χ0n) is 19.0. The number of hydrogen-bond donors (Lipinski definition) is 2. The van der Waals surface area contributed by atoms with Gasteiger partial charge in [0.1, 0.15) is 11.6 Å². The molecule has 2 aromatic carbocycles. The lowest BCUT2D eigenvalue weighted by atomic mass is 10.1. The minimum absolute atomic E-state index is 0.0507. The largest absolute Gasteiger partial charge is 0.494 e. The Morgan fingerprint density at radius 1 is 1.03 bits per heavy atom. The van der Waals surface area contributed by atoms with Crippen LogP contribution in [0.3, 0.4) is 0 Å². The molecule has 1 aromatic heterocycles. The van der Waals surface area contributed by atoms with E-state index in [1.165, 1.54) is 6.07 Å². The van der Waals surface area contributed by atoms with Crippen molar-refractivity contribution in [2.75, 3.05) is 48.9 Å². The summed E-state index contributed by atoms with van der Waals surface area (Å²) in [5, 5.41) is 6.09. The SMILES string of the molecule is COc1cc(N2CCOCC2)ccc1Nc1cc(N[C@@H](C)c2ccccc2)c(C(F)(F)F)cn1. The van der Waals surface area contributed by atoms with E-state index in [2.05, 4.69) is 20.5 Å². The molecule has 1 aliphatic heterocycles. The van der Waals surface area contributed by atoms with Gasteiger partial charge in [-0.25, -0.2) is 4.98 Å². The minimum Gasteiger partial charge on any atom is -0.494 e. The molecule has 1 atom stereocenters. The van der Waals surface area contributed by atoms with E-state index in [-0.39, 0.29) is 17.5 Å². The van der Waals surface area contributed by atoms with Crippen molar-refractivity contribution in [3.8, 4) is 5.75 Å². The number of nitrogens with zero attached hydrogens (tertiary/aromatic N) is 2. The molecule has 1 saturated heterocycles. The van der Waals surface area contributed by atoms with Crippen LogP contribution >= 0.6 is 0 Å². The highest BCUT2D eigenvalue weighted by atomic mass is 19.4. The smallest absolute Gasteiger partial charge is 0.419 e. The molecule has 9 heteroatoms. The van der Waals surface area contributed by atoms with Crippen molar-refractivity contribution < 1.29 is 22.6 Å². The first-order valence-electron chi connectivity index (χ1n) is 11.0. The molecule has 2 heterocycles. The molecule has 6 nitrogen and oxygen atoms in total. The Morgan fingerprint density at radius 2 is 1.76 bits per heavy atom. The van der Waals surface area contributed by atoms with Gasteiger partial charge in [-0.2, -0.15) is 13.2 Å². The van der Waals surface area contributed by atoms with Gasteiger partial charge in [0.15, 0.2) is 0 Å². The van der Waals surface area contributed by atoms with Crippen LogP contribution in [0.25, 0.3) is 0 Å². The van der Waals surface area contributed by atoms with E-state index in [9.17, 15) is 13.2 Å². The molecule has 1 fully saturated rings. The van der Waals surface area contributed by atoms with E-state index in [1.54, 1.807) is 7.11 Å². The van der Waals surface area contributed by atoms with Crippen LogP contribution in [0.4, 0.5) is 36.1 Å². The van der Waals surface area contributed by atoms with Gasteiger partial charge in [0, 0.05) is 43.1 Å². The second-order valence-electron chi connectivity index (χ2n) is 8.00. The van der Waals surface area contributed by atoms with Gasteiger partial charge in [-0.1, -0.05) is 30.3 Å². The number of alkyl halides is 3. The van der Waals surface area contributed by atoms with E-state index >= 15 is 0 Å². The Bertz CT molecular complexity index is 1100. The van der Waals surface area contributed by atoms with E-state index in [4.69, 9.17) is 9.47 Å². The third-order valence-corrected chi connectivity index (χ3v) is 5.71. The Kier molecular flexibility index (Phi) is 7.12. The monoisotopic (exact) mass is 472 g/mol. The first-order valence-corrected chi connectivity index (χ1v) is 11.0. The summed E-state index contributed by atoms with van der Waals surface area (Å²) in [5.41, 5.74) is 1.60. The molecule has 180 valence electrons. The zero-order valence-corrected chi connectivity index (χ0v) is 19.0. The lowest BCUT2D eigenvalue weighted by Gasteiger charge is -2.29. The van der Waals surface area contributed by atoms with E-state index < -0.39 is 11.7 Å². The second-order valence-corrected chi connectivity index (χ2v) is 8.00. The average molecular weight is 473 g/mol. The van der Waals surface area contributed by atoms with Crippen LogP contribution in [0, 0.1) is 0 Å². The maximum Gasteiger partial charge on any atom is 0.419 e. The van der Waals surface area contributed by atoms with Crippen LogP contribution in [0.1, 0.15) is 24.1 Å². The summed E-state index contributed by atoms with van der Waals surface area (Å²) in [7, 11) is 1.55. The molecular formula is C25H27F3N4O2. The molecule has 0 amide bonds. The number of rotatable bonds is 7. The molecule has 3 aromatic rings. The zero-order chi connectivity index (χ0) is 24.1. The van der Waals surface area contributed by atoms with Crippen molar-refractivity contribution in [3.05, 3.63) is 71.9 Å². The van der Waals surface area contributed by atoms with Crippen LogP contribution in [0.5, 0.6) is 5.75 Å². The van der Waals surface area contributed by atoms with Crippen LogP contribution in [0.15, 0.2) is 60.8 Å². The Labute approximate surface area is 196 Å². The summed E-state index contributed by atoms with van der Waals surface area (Å²) in [4.78, 5) is 6.21. The average Bonchev–Trinajstić information content (AvgIpc) is 2.85. The third kappa shape index (κ3) is 5.53. The highest BCUT2D eigenvalue weighted by Crippen LogP contribution is 2.38. The van der Waals surface area contributed by atoms with Crippen molar-refractivity contribution in [2.45, 2.75) is 19.1 Å². The summed E-state index contributed by atoms with van der Waals surface area (Å²) < 4.78 is 51.9. The van der Waals surface area contributed by atoms with E-state index in [0.29, 0.717) is 24.7 Å². The third-order valence-electron chi connectivity index (χ3n) is 5.71. The van der Waals surface area contributed by atoms with Crippen molar-refractivity contribution >= 4 is 22.9 Å². The minimum atomic E-state index is -4.54. The van der Waals surface area contributed by atoms with Gasteiger partial charge in [0.25, 0.3) is 0 Å². The number of ether oxygens (including phenoxy) is 2. The number of aromatic nitrogens is 1. The molecule has 0 radical (unpaired) electrons. The number of benzene rings is 2. The van der Waals surface area contributed by atoms with Gasteiger partial charge in [-0.3, -0.25) is 0 Å². The predicted molar refractivity (Wildman–Crippen MR) is 127 cm³/mol. The molecule has 34 heavy (non-hydrogen) atoms. The van der Waals surface area contributed by atoms with E-state index in [1.807, 2.05) is 55.5 Å². The molecule has 0 unspecified atom stereocenters. The maximum absolute atomic E-state index is 13.7. The molecule has 2 N–H and O–H groups in total. The molecular weight excluding hydrogens is 445 g/mol. The first-order chi connectivity index (χ1) is 16.3. The summed E-state index contributed by atoms with van der Waals surface area (Å²) in [6.07, 6.45) is -3.70. The first kappa shape index (κ1) is 23.7. The van der Waals surface area contributed by atoms with E-state index in [0.717, 1.165) is 30.5 Å². The Hall–Kier alpha value is -3.46. The molecule has 0 bridgehead atoms. The van der Waals surface area contributed by atoms with Crippen molar-refractivity contribution in [1.82, 2.24) is 4.98 Å². The summed E-state index contributed by atoms with van der Waals surface area (Å²) in [5.74, 6) is 0.839. The topological polar surface area (TPSA) is 58.7 Å². The second kappa shape index (κ2) is 10.2. The summed E-state index contributed by atoms with van der Waals surface area (Å²) in [6.45, 7) is 4.70. The Balaban J connectivity index is 1.60. The molecule has 0 aliphatic carbocycles. The lowest BCUT2D eigenvalue weighted by Crippen LogP contribution is -2.36. The summed E-state index contributed by atoms with van der Waals surface area (Å²) in [6, 6.07) is 16.0. The fraction of sp³-hybridized carbons (Fsp3) is 0.320. The van der Waals surface area contributed by atoms with Gasteiger partial charge in [-0.15, -0.1) is 0 Å². The summed E-state index contributed by atoms with van der Waals surface area (Å²) >= 11 is 0. The van der Waals surface area contributed by atoms with Gasteiger partial charge < -0.3 is 25.0 Å². The predicted octanol–water partition coefficient (Wildman–Crippen LogP) is 5.86. The number of methoxy groups -OCH3 is 1. The Morgan fingerprint density at radius 3 is 2.44 bits per heavy atom. The standard InChI is InChI=1S/C25H27F3N4O2/c1-17(18-6-4-3-5-7-18)30-22-15-24(29-16-20(22)25(26,27)28)31-21-9-8-19(14-23(21)33-2)32-10-12-34-13-11-32/h3-9,14-17H,10-13H2,1-2H3,(H2,29,30,31)/t17-/m0/s1. The quantitative estimate of drug-likeness (QED) is 0.449. The van der Waals surface area contributed by atoms with Gasteiger partial charge in [0.05, 0.1) is 37.3 Å². The number of hydrogen-bond acceptors (Lipinski definition) is 6. The highest BCUT2D eigenvalue weighted by molar-refractivity contribution is 5.71. The normalized spacial score (nSPS) is 15.0. The number of nitrogens with one attached hydrogen (secondary N) is 2. The van der Waals surface area contributed by atoms with Crippen LogP contribution in [-0.4, -0.2) is 38.4 Å². The lowest BCUT2D eigenvalue weighted by molar-refractivity contribution is -0.137. The molecule has 1 aliphatic rings. The molecule has 0 spiro atoms. The maximum atomic E-state index is 13.7. The van der Waals surface area contributed by atoms with Gasteiger partial charge >= 0.3 is 6.18 Å². The number of pyridine rings is 1. The van der Waals surface area contributed by atoms with Crippen molar-refractivity contribution in [2.24, 2.45) is 0 Å². The fourth-order valence-electron chi connectivity index (χ4n) is 3.87. The fourth-order valence-corrected chi connectivity index (χ4v) is 3.87. The van der Waals surface area contributed by atoms with Gasteiger partial charge in [-0.05, 0) is 24.6 Å². The number of halogens is 3. The van der Waals surface area contributed by atoms with Crippen LogP contribution in [0.2, 0.25) is 0 Å².